The number of carbonyl (C=O) groups is 1. The first-order chi connectivity index (χ1) is 14.1. The number of nitrogens with zero attached hydrogens (tertiary/aromatic N) is 4. The number of fused-ring (bicyclic) bond motifs is 1. The minimum Gasteiger partial charge on any atom is -0.347 e. The van der Waals surface area contributed by atoms with Gasteiger partial charge in [-0.25, -0.2) is 14.5 Å². The van der Waals surface area contributed by atoms with Crippen LogP contribution in [0.2, 0.25) is 0 Å². The van der Waals surface area contributed by atoms with Gasteiger partial charge in [-0.15, -0.1) is 0 Å². The monoisotopic (exact) mass is 388 g/mol. The molecule has 148 valence electrons. The zero-order chi connectivity index (χ0) is 20.2. The van der Waals surface area contributed by atoms with E-state index in [4.69, 9.17) is 0 Å². The molecule has 0 aliphatic carbocycles. The minimum absolute atomic E-state index is 0.247. The second-order valence-corrected chi connectivity index (χ2v) is 7.42. The van der Waals surface area contributed by atoms with Gasteiger partial charge >= 0.3 is 6.03 Å². The van der Waals surface area contributed by atoms with Crippen molar-refractivity contribution < 1.29 is 4.79 Å². The number of hydrogen-bond donors (Lipinski definition) is 2. The molecule has 3 aromatic heterocycles. The van der Waals surface area contributed by atoms with Crippen molar-refractivity contribution in [3.63, 3.8) is 0 Å². The summed E-state index contributed by atoms with van der Waals surface area (Å²) in [5.74, 6) is 1.29. The summed E-state index contributed by atoms with van der Waals surface area (Å²) in [5.41, 5.74) is 2.89. The Bertz CT molecular complexity index is 1110. The topological polar surface area (TPSA) is 76.8 Å². The molecule has 0 radical (unpaired) electrons. The van der Waals surface area contributed by atoms with Crippen molar-refractivity contribution in [3.8, 4) is 5.82 Å². The SMILES string of the molecule is CC(C)Cn1ccc2cc(NC(=O)NCc3ccnc(-n4cccn4)c3)ccc21. The molecule has 0 saturated carbocycles. The summed E-state index contributed by atoms with van der Waals surface area (Å²) < 4.78 is 3.93. The van der Waals surface area contributed by atoms with Gasteiger partial charge in [0, 0.05) is 54.5 Å². The predicted octanol–water partition coefficient (Wildman–Crippen LogP) is 4.20. The number of aromatic nitrogens is 4. The molecule has 0 aliphatic heterocycles. The van der Waals surface area contributed by atoms with Crippen LogP contribution in [0.1, 0.15) is 19.4 Å². The Kier molecular flexibility index (Phi) is 5.29. The van der Waals surface area contributed by atoms with Crippen molar-refractivity contribution in [2.24, 2.45) is 5.92 Å². The third kappa shape index (κ3) is 4.45. The minimum atomic E-state index is -0.247. The fourth-order valence-electron chi connectivity index (χ4n) is 3.29. The van der Waals surface area contributed by atoms with E-state index >= 15 is 0 Å². The third-order valence-electron chi connectivity index (χ3n) is 4.59. The van der Waals surface area contributed by atoms with Crippen molar-refractivity contribution in [3.05, 3.63) is 72.8 Å². The standard InChI is InChI=1S/C22H24N6O/c1-16(2)15-27-11-7-18-13-19(4-5-20(18)27)26-22(29)24-14-17-6-9-23-21(12-17)28-10-3-8-25-28/h3-13,16H,14-15H2,1-2H3,(H2,24,26,29). The van der Waals surface area contributed by atoms with Crippen LogP contribution in [0.3, 0.4) is 0 Å². The van der Waals surface area contributed by atoms with Gasteiger partial charge in [-0.2, -0.15) is 5.10 Å². The molecule has 2 N–H and O–H groups in total. The molecule has 7 heteroatoms. The van der Waals surface area contributed by atoms with E-state index in [1.165, 1.54) is 5.52 Å². The quantitative estimate of drug-likeness (QED) is 0.520. The van der Waals surface area contributed by atoms with Crippen LogP contribution in [0.4, 0.5) is 10.5 Å². The maximum atomic E-state index is 12.3. The molecule has 1 aromatic carbocycles. The number of pyridine rings is 1. The van der Waals surface area contributed by atoms with Gasteiger partial charge < -0.3 is 15.2 Å². The van der Waals surface area contributed by atoms with Crippen molar-refractivity contribution in [1.29, 1.82) is 0 Å². The summed E-state index contributed by atoms with van der Waals surface area (Å²) in [6.45, 7) is 5.78. The molecule has 0 aliphatic rings. The Morgan fingerprint density at radius 1 is 1.10 bits per heavy atom. The van der Waals surface area contributed by atoms with Crippen molar-refractivity contribution in [2.75, 3.05) is 5.32 Å². The lowest BCUT2D eigenvalue weighted by molar-refractivity contribution is 0.251. The third-order valence-corrected chi connectivity index (χ3v) is 4.59. The Balaban J connectivity index is 1.38. The second kappa shape index (κ2) is 8.18. The molecule has 3 heterocycles. The number of urea groups is 1. The van der Waals surface area contributed by atoms with E-state index in [1.807, 2.05) is 42.6 Å². The summed E-state index contributed by atoms with van der Waals surface area (Å²) in [6, 6.07) is 13.4. The van der Waals surface area contributed by atoms with Crippen LogP contribution in [-0.4, -0.2) is 25.4 Å². The van der Waals surface area contributed by atoms with E-state index in [0.29, 0.717) is 18.3 Å². The van der Waals surface area contributed by atoms with Crippen molar-refractivity contribution in [1.82, 2.24) is 24.6 Å². The van der Waals surface area contributed by atoms with Gasteiger partial charge in [0.1, 0.15) is 0 Å². The van der Waals surface area contributed by atoms with E-state index in [-0.39, 0.29) is 6.03 Å². The van der Waals surface area contributed by atoms with Crippen LogP contribution >= 0.6 is 0 Å². The highest BCUT2D eigenvalue weighted by molar-refractivity contribution is 5.92. The Labute approximate surface area is 169 Å². The molecule has 7 nitrogen and oxygen atoms in total. The first kappa shape index (κ1) is 18.7. The van der Waals surface area contributed by atoms with Crippen LogP contribution in [0.25, 0.3) is 16.7 Å². The second-order valence-electron chi connectivity index (χ2n) is 7.42. The molecule has 29 heavy (non-hydrogen) atoms. The Morgan fingerprint density at radius 2 is 2.00 bits per heavy atom. The van der Waals surface area contributed by atoms with Crippen molar-refractivity contribution in [2.45, 2.75) is 26.9 Å². The number of rotatable bonds is 6. The first-order valence-electron chi connectivity index (χ1n) is 9.67. The zero-order valence-corrected chi connectivity index (χ0v) is 16.5. The summed E-state index contributed by atoms with van der Waals surface area (Å²) in [5, 5.41) is 11.1. The Hall–Kier alpha value is -3.61. The van der Waals surface area contributed by atoms with Gasteiger partial charge in [-0.3, -0.25) is 0 Å². The normalized spacial score (nSPS) is 11.1. The average molecular weight is 388 g/mol. The lowest BCUT2D eigenvalue weighted by Crippen LogP contribution is -2.28. The number of benzene rings is 1. The van der Waals surface area contributed by atoms with E-state index < -0.39 is 0 Å². The maximum absolute atomic E-state index is 12.3. The number of anilines is 1. The summed E-state index contributed by atoms with van der Waals surface area (Å²) >= 11 is 0. The molecule has 0 saturated heterocycles. The van der Waals surface area contributed by atoms with Gasteiger partial charge in [0.2, 0.25) is 0 Å². The first-order valence-corrected chi connectivity index (χ1v) is 9.67. The number of hydrogen-bond acceptors (Lipinski definition) is 3. The molecule has 4 aromatic rings. The maximum Gasteiger partial charge on any atom is 0.319 e. The van der Waals surface area contributed by atoms with Gasteiger partial charge in [0.05, 0.1) is 0 Å². The number of amides is 2. The highest BCUT2D eigenvalue weighted by Gasteiger charge is 2.07. The molecule has 0 bridgehead atoms. The van der Waals surface area contributed by atoms with Crippen LogP contribution in [-0.2, 0) is 13.1 Å². The molecule has 0 spiro atoms. The zero-order valence-electron chi connectivity index (χ0n) is 16.5. The van der Waals surface area contributed by atoms with Crippen LogP contribution < -0.4 is 10.6 Å². The molecule has 4 rings (SSSR count). The predicted molar refractivity (Wildman–Crippen MR) is 114 cm³/mol. The summed E-state index contributed by atoms with van der Waals surface area (Å²) in [4.78, 5) is 16.6. The van der Waals surface area contributed by atoms with Gasteiger partial charge in [0.15, 0.2) is 5.82 Å². The molecule has 2 amide bonds. The van der Waals surface area contributed by atoms with Crippen LogP contribution in [0, 0.1) is 5.92 Å². The molecular weight excluding hydrogens is 364 g/mol. The fourth-order valence-corrected chi connectivity index (χ4v) is 3.29. The average Bonchev–Trinajstić information content (AvgIpc) is 3.37. The van der Waals surface area contributed by atoms with E-state index in [9.17, 15) is 4.79 Å². The van der Waals surface area contributed by atoms with Gasteiger partial charge in [-0.05, 0) is 53.9 Å². The van der Waals surface area contributed by atoms with E-state index in [1.54, 1.807) is 17.1 Å². The lowest BCUT2D eigenvalue weighted by atomic mass is 10.2. The fraction of sp³-hybridized carbons (Fsp3) is 0.227. The smallest absolute Gasteiger partial charge is 0.319 e. The molecular formula is C22H24N6O. The highest BCUT2D eigenvalue weighted by Crippen LogP contribution is 2.21. The lowest BCUT2D eigenvalue weighted by Gasteiger charge is -2.10. The number of nitrogens with one attached hydrogen (secondary N) is 2. The number of carbonyl (C=O) groups excluding carboxylic acids is 1. The molecule has 0 unspecified atom stereocenters. The summed E-state index contributed by atoms with van der Waals surface area (Å²) in [7, 11) is 0. The van der Waals surface area contributed by atoms with Gasteiger partial charge in [0.25, 0.3) is 0 Å². The van der Waals surface area contributed by atoms with Crippen molar-refractivity contribution >= 4 is 22.6 Å². The van der Waals surface area contributed by atoms with E-state index in [2.05, 4.69) is 51.4 Å². The molecule has 0 atom stereocenters. The highest BCUT2D eigenvalue weighted by atomic mass is 16.2. The van der Waals surface area contributed by atoms with Crippen LogP contribution in [0.15, 0.2) is 67.3 Å². The molecule has 0 fully saturated rings. The summed E-state index contributed by atoms with van der Waals surface area (Å²) in [6.07, 6.45) is 7.33. The van der Waals surface area contributed by atoms with Crippen LogP contribution in [0.5, 0.6) is 0 Å². The van der Waals surface area contributed by atoms with Gasteiger partial charge in [-0.1, -0.05) is 13.8 Å². The van der Waals surface area contributed by atoms with E-state index in [0.717, 1.165) is 23.2 Å². The Morgan fingerprint density at radius 3 is 2.79 bits per heavy atom. The largest absolute Gasteiger partial charge is 0.347 e.